The van der Waals surface area contributed by atoms with Crippen molar-refractivity contribution in [3.8, 4) is 11.4 Å². The zero-order valence-corrected chi connectivity index (χ0v) is 25.8. The van der Waals surface area contributed by atoms with E-state index in [2.05, 4.69) is 5.43 Å². The molecule has 0 bridgehead atoms. The fourth-order valence-electron chi connectivity index (χ4n) is 6.11. The van der Waals surface area contributed by atoms with Gasteiger partial charge in [-0.2, -0.15) is 5.01 Å². The molecule has 1 atom stereocenters. The largest absolute Gasteiger partial charge is 0.458 e. The van der Waals surface area contributed by atoms with E-state index < -0.39 is 35.9 Å². The average molecular weight is 647 g/mol. The van der Waals surface area contributed by atoms with Crippen LogP contribution >= 0.6 is 0 Å². The van der Waals surface area contributed by atoms with Crippen molar-refractivity contribution < 1.29 is 33.7 Å². The van der Waals surface area contributed by atoms with Crippen molar-refractivity contribution in [2.75, 3.05) is 5.01 Å². The summed E-state index contributed by atoms with van der Waals surface area (Å²) in [7, 11) is 0. The topological polar surface area (TPSA) is 149 Å². The van der Waals surface area contributed by atoms with Crippen LogP contribution in [0.2, 0.25) is 0 Å². The second-order valence-electron chi connectivity index (χ2n) is 11.5. The third-order valence-electron chi connectivity index (χ3n) is 8.53. The number of fused-ring (bicyclic) bond motifs is 5. The molecule has 4 heterocycles. The number of ether oxygens (including phenoxy) is 3. The number of carbonyl (C=O) groups is 3. The predicted octanol–water partition coefficient (Wildman–Crippen LogP) is 5.06. The molecule has 7 rings (SSSR count). The molecule has 0 fully saturated rings. The molecular weight excluding hydrogens is 616 g/mol. The fraction of sp³-hybridized carbons (Fsp3) is 0.194. The van der Waals surface area contributed by atoms with E-state index in [1.54, 1.807) is 61.5 Å². The van der Waals surface area contributed by atoms with Crippen LogP contribution < -0.4 is 16.0 Å². The minimum Gasteiger partial charge on any atom is -0.458 e. The summed E-state index contributed by atoms with van der Waals surface area (Å²) in [6.07, 6.45) is -2.30. The lowest BCUT2D eigenvalue weighted by atomic mass is 9.84. The van der Waals surface area contributed by atoms with Crippen LogP contribution in [0, 0.1) is 0 Å². The van der Waals surface area contributed by atoms with Gasteiger partial charge >= 0.3 is 18.2 Å². The van der Waals surface area contributed by atoms with Crippen molar-refractivity contribution >= 4 is 34.7 Å². The van der Waals surface area contributed by atoms with Gasteiger partial charge in [0.25, 0.3) is 5.56 Å². The highest BCUT2D eigenvalue weighted by Gasteiger charge is 2.50. The molecule has 2 N–H and O–H groups in total. The molecule has 48 heavy (non-hydrogen) atoms. The summed E-state index contributed by atoms with van der Waals surface area (Å²) < 4.78 is 17.8. The van der Waals surface area contributed by atoms with Gasteiger partial charge in [0.05, 0.1) is 29.0 Å². The first-order valence-corrected chi connectivity index (χ1v) is 15.4. The van der Waals surface area contributed by atoms with Gasteiger partial charge in [0, 0.05) is 16.5 Å². The minimum atomic E-state index is -2.36. The van der Waals surface area contributed by atoms with Crippen molar-refractivity contribution in [1.82, 2.24) is 15.0 Å². The average Bonchev–Trinajstić information content (AvgIpc) is 3.49. The number of aliphatic hydroxyl groups is 1. The highest BCUT2D eigenvalue weighted by molar-refractivity contribution is 6.00. The number of amides is 2. The third-order valence-corrected chi connectivity index (χ3v) is 8.53. The van der Waals surface area contributed by atoms with Crippen LogP contribution in [0.3, 0.4) is 0 Å². The number of cyclic esters (lactones) is 1. The molecule has 12 heteroatoms. The summed E-state index contributed by atoms with van der Waals surface area (Å²) in [6.45, 7) is 0.870. The minimum absolute atomic E-state index is 0.0460. The van der Waals surface area contributed by atoms with E-state index in [0.717, 1.165) is 10.4 Å². The van der Waals surface area contributed by atoms with Crippen LogP contribution in [0.5, 0.6) is 0 Å². The third kappa shape index (κ3) is 5.31. The number of para-hydroxylation sites is 1. The molecule has 0 radical (unpaired) electrons. The molecule has 2 aromatic heterocycles. The summed E-state index contributed by atoms with van der Waals surface area (Å²) in [4.78, 5) is 59.7. The van der Waals surface area contributed by atoms with Crippen LogP contribution in [-0.2, 0) is 51.0 Å². The van der Waals surface area contributed by atoms with E-state index in [4.69, 9.17) is 19.2 Å². The van der Waals surface area contributed by atoms with Crippen molar-refractivity contribution in [2.24, 2.45) is 0 Å². The summed E-state index contributed by atoms with van der Waals surface area (Å²) in [5.41, 5.74) is 2.29. The van der Waals surface area contributed by atoms with Gasteiger partial charge in [0.15, 0.2) is 5.60 Å². The molecule has 2 aliphatic heterocycles. The predicted molar refractivity (Wildman–Crippen MR) is 173 cm³/mol. The Kier molecular flexibility index (Phi) is 7.85. The summed E-state index contributed by atoms with van der Waals surface area (Å²) >= 11 is 0. The number of hydrogen-bond donors (Lipinski definition) is 2. The quantitative estimate of drug-likeness (QED) is 0.144. The van der Waals surface area contributed by atoms with Crippen molar-refractivity contribution in [3.63, 3.8) is 0 Å². The van der Waals surface area contributed by atoms with E-state index >= 15 is 0 Å². The Balaban J connectivity index is 1.42. The molecule has 0 unspecified atom stereocenters. The maximum absolute atomic E-state index is 14.1. The number of hydrazine groups is 1. The molecule has 2 amide bonds. The standard InChI is InChI=1S/C36H30N4O8/c1-2-36(45)28-26(21-46-33(36)42)32(41)39-18-25-17-24-15-9-10-16-27(24)37-29(25)31(39)30(28)40(35(44)48-20-23-13-7-4-8-14-23)38-34(43)47-19-22-11-5-3-6-12-22/h3-17,45H,2,18-21H2,1H3,(H,38,43)/t36-/m0/s1. The lowest BCUT2D eigenvalue weighted by Crippen LogP contribution is -2.52. The summed E-state index contributed by atoms with van der Waals surface area (Å²) in [6, 6.07) is 27.1. The molecule has 5 aromatic rings. The van der Waals surface area contributed by atoms with Crippen LogP contribution in [0.4, 0.5) is 15.3 Å². The molecule has 12 nitrogen and oxygen atoms in total. The second kappa shape index (κ2) is 12.3. The van der Waals surface area contributed by atoms with Crippen molar-refractivity contribution in [1.29, 1.82) is 0 Å². The Bertz CT molecular complexity index is 2130. The number of hydrogen-bond acceptors (Lipinski definition) is 9. The summed E-state index contributed by atoms with van der Waals surface area (Å²) in [5, 5.41) is 13.5. The van der Waals surface area contributed by atoms with Gasteiger partial charge in [-0.1, -0.05) is 85.8 Å². The molecule has 2 aliphatic rings. The van der Waals surface area contributed by atoms with E-state index in [1.165, 1.54) is 4.57 Å². The molecule has 3 aromatic carbocycles. The Morgan fingerprint density at radius 3 is 2.29 bits per heavy atom. The number of anilines is 1. The number of benzene rings is 3. The monoisotopic (exact) mass is 646 g/mol. The fourth-order valence-corrected chi connectivity index (χ4v) is 6.11. The highest BCUT2D eigenvalue weighted by Crippen LogP contribution is 2.47. The maximum Gasteiger partial charge on any atom is 0.434 e. The molecular formula is C36H30N4O8. The van der Waals surface area contributed by atoms with Crippen LogP contribution in [0.15, 0.2) is 95.8 Å². The zero-order chi connectivity index (χ0) is 33.4. The smallest absolute Gasteiger partial charge is 0.434 e. The van der Waals surface area contributed by atoms with Crippen LogP contribution in [-0.4, -0.2) is 32.8 Å². The summed E-state index contributed by atoms with van der Waals surface area (Å²) in [5.74, 6) is -1.00. The molecule has 242 valence electrons. The van der Waals surface area contributed by atoms with Gasteiger partial charge in [-0.05, 0) is 29.7 Å². The number of nitrogens with one attached hydrogen (secondary N) is 1. The van der Waals surface area contributed by atoms with Gasteiger partial charge in [-0.3, -0.25) is 9.36 Å². The molecule has 0 aliphatic carbocycles. The van der Waals surface area contributed by atoms with E-state index in [9.17, 15) is 24.3 Å². The number of rotatable bonds is 6. The van der Waals surface area contributed by atoms with Crippen molar-refractivity contribution in [2.45, 2.75) is 45.3 Å². The van der Waals surface area contributed by atoms with Gasteiger partial charge in [-0.25, -0.2) is 24.8 Å². The van der Waals surface area contributed by atoms with Gasteiger partial charge in [0.1, 0.15) is 25.5 Å². The van der Waals surface area contributed by atoms with Gasteiger partial charge < -0.3 is 19.3 Å². The van der Waals surface area contributed by atoms with E-state index in [-0.39, 0.29) is 48.7 Å². The maximum atomic E-state index is 14.1. The second-order valence-corrected chi connectivity index (χ2v) is 11.5. The Labute approximate surface area is 274 Å². The number of aromatic nitrogens is 2. The molecule has 0 saturated heterocycles. The first-order chi connectivity index (χ1) is 23.3. The highest BCUT2D eigenvalue weighted by atomic mass is 16.6. The number of nitrogens with zero attached hydrogens (tertiary/aromatic N) is 3. The van der Waals surface area contributed by atoms with E-state index in [0.29, 0.717) is 27.9 Å². The zero-order valence-electron chi connectivity index (χ0n) is 25.8. The molecule has 0 saturated carbocycles. The molecule has 0 spiro atoms. The number of carbonyl (C=O) groups excluding carboxylic acids is 3. The van der Waals surface area contributed by atoms with Gasteiger partial charge in [0.2, 0.25) is 0 Å². The van der Waals surface area contributed by atoms with Gasteiger partial charge in [-0.15, -0.1) is 0 Å². The first kappa shape index (κ1) is 30.6. The first-order valence-electron chi connectivity index (χ1n) is 15.4. The lowest BCUT2D eigenvalue weighted by molar-refractivity contribution is -0.172. The Morgan fingerprint density at radius 2 is 1.60 bits per heavy atom. The Hall–Kier alpha value is -6.01. The van der Waals surface area contributed by atoms with Crippen LogP contribution in [0.25, 0.3) is 22.3 Å². The normalized spacial score (nSPS) is 15.9. The van der Waals surface area contributed by atoms with Crippen LogP contribution in [0.1, 0.15) is 41.2 Å². The SMILES string of the molecule is CC[C@@]1(O)C(=O)OCc2c1c(N(NC(=O)OCc1ccccc1)C(=O)OCc1ccccc1)c1n(c2=O)Cc2cc3ccccc3nc2-1. The number of pyridine rings is 2. The number of esters is 1. The Morgan fingerprint density at radius 1 is 0.958 bits per heavy atom. The van der Waals surface area contributed by atoms with E-state index in [1.807, 2.05) is 36.4 Å². The lowest BCUT2D eigenvalue weighted by Gasteiger charge is -2.36. The van der Waals surface area contributed by atoms with Crippen molar-refractivity contribution in [3.05, 3.63) is 129 Å².